The van der Waals surface area contributed by atoms with Crippen LogP contribution in [-0.2, 0) is 0 Å². The molecule has 1 heterocycles. The minimum absolute atomic E-state index is 0.323. The molecule has 0 aliphatic heterocycles. The maximum Gasteiger partial charge on any atom is 0.258 e. The Kier molecular flexibility index (Phi) is 5.18. The van der Waals surface area contributed by atoms with Gasteiger partial charge in [-0.3, -0.25) is 10.1 Å². The van der Waals surface area contributed by atoms with Gasteiger partial charge in [0.05, 0.1) is 16.3 Å². The minimum Gasteiger partial charge on any atom is -0.298 e. The Morgan fingerprint density at radius 3 is 2.88 bits per heavy atom. The van der Waals surface area contributed by atoms with Crippen LogP contribution in [0.4, 0.5) is 9.52 Å². The first-order valence-corrected chi connectivity index (χ1v) is 9.41. The number of amides is 1. The predicted molar refractivity (Wildman–Crippen MR) is 98.7 cm³/mol. The second-order valence-corrected chi connectivity index (χ2v) is 6.99. The summed E-state index contributed by atoms with van der Waals surface area (Å²) in [6, 6.07) is 11.5. The van der Waals surface area contributed by atoms with E-state index in [1.165, 1.54) is 35.2 Å². The van der Waals surface area contributed by atoms with E-state index in [4.69, 9.17) is 11.6 Å². The van der Waals surface area contributed by atoms with Gasteiger partial charge in [0.1, 0.15) is 5.82 Å². The average Bonchev–Trinajstić information content (AvgIpc) is 3.03. The molecule has 0 aliphatic carbocycles. The van der Waals surface area contributed by atoms with E-state index in [2.05, 4.69) is 10.3 Å². The summed E-state index contributed by atoms with van der Waals surface area (Å²) in [5, 5.41) is 5.32. The highest BCUT2D eigenvalue weighted by molar-refractivity contribution is 7.98. The Hall–Kier alpha value is -1.89. The molecule has 3 aromatic rings. The molecule has 0 fully saturated rings. The summed E-state index contributed by atoms with van der Waals surface area (Å²) >= 11 is 8.91. The molecule has 1 N–H and O–H groups in total. The number of halogens is 2. The predicted octanol–water partition coefficient (Wildman–Crippen LogP) is 5.58. The van der Waals surface area contributed by atoms with Crippen LogP contribution in [0.1, 0.15) is 10.4 Å². The third-order valence-electron chi connectivity index (χ3n) is 3.26. The van der Waals surface area contributed by atoms with Crippen molar-refractivity contribution >= 4 is 45.7 Å². The fraction of sp³-hybridized carbons (Fsp3) is 0.0588. The number of benzene rings is 2. The second-order valence-electron chi connectivity index (χ2n) is 4.85. The Labute approximate surface area is 151 Å². The molecule has 0 radical (unpaired) electrons. The van der Waals surface area contributed by atoms with Crippen molar-refractivity contribution < 1.29 is 9.18 Å². The second kappa shape index (κ2) is 7.34. The Morgan fingerprint density at radius 2 is 2.12 bits per heavy atom. The number of thioether (sulfide) groups is 1. The normalized spacial score (nSPS) is 10.6. The fourth-order valence-electron chi connectivity index (χ4n) is 2.08. The number of aromatic nitrogens is 1. The van der Waals surface area contributed by atoms with E-state index in [1.807, 2.05) is 12.3 Å². The van der Waals surface area contributed by atoms with E-state index in [9.17, 15) is 9.18 Å². The van der Waals surface area contributed by atoms with Crippen LogP contribution in [0.2, 0.25) is 5.02 Å². The smallest absolute Gasteiger partial charge is 0.258 e. The van der Waals surface area contributed by atoms with Crippen LogP contribution < -0.4 is 5.32 Å². The minimum atomic E-state index is -0.327. The zero-order valence-corrected chi connectivity index (χ0v) is 14.9. The molecule has 0 spiro atoms. The lowest BCUT2D eigenvalue weighted by Crippen LogP contribution is -2.12. The molecule has 7 heteroatoms. The number of carbonyl (C=O) groups excluding carboxylic acids is 1. The number of anilines is 1. The molecule has 0 saturated carbocycles. The SMILES string of the molecule is CSc1ccc(Cl)c(C(=O)Nc2nc(-c3cccc(F)c3)cs2)c1. The molecule has 24 heavy (non-hydrogen) atoms. The maximum absolute atomic E-state index is 13.3. The zero-order valence-electron chi connectivity index (χ0n) is 12.5. The molecule has 1 amide bonds. The van der Waals surface area contributed by atoms with Crippen LogP contribution >= 0.6 is 34.7 Å². The molecule has 0 saturated heterocycles. The van der Waals surface area contributed by atoms with E-state index in [-0.39, 0.29) is 11.7 Å². The number of rotatable bonds is 4. The molecule has 0 unspecified atom stereocenters. The van der Waals surface area contributed by atoms with E-state index >= 15 is 0 Å². The van der Waals surface area contributed by atoms with Crippen molar-refractivity contribution in [1.29, 1.82) is 0 Å². The summed E-state index contributed by atoms with van der Waals surface area (Å²) in [5.74, 6) is -0.650. The van der Waals surface area contributed by atoms with Crippen LogP contribution in [0.5, 0.6) is 0 Å². The third-order valence-corrected chi connectivity index (χ3v) is 5.08. The van der Waals surface area contributed by atoms with Crippen molar-refractivity contribution in [2.24, 2.45) is 0 Å². The highest BCUT2D eigenvalue weighted by Gasteiger charge is 2.14. The first-order chi connectivity index (χ1) is 11.6. The number of thiazole rings is 1. The third kappa shape index (κ3) is 3.77. The lowest BCUT2D eigenvalue weighted by molar-refractivity contribution is 0.102. The first-order valence-electron chi connectivity index (χ1n) is 6.93. The molecule has 122 valence electrons. The number of nitrogens with zero attached hydrogens (tertiary/aromatic N) is 1. The van der Waals surface area contributed by atoms with Crippen LogP contribution in [0.3, 0.4) is 0 Å². The lowest BCUT2D eigenvalue weighted by Gasteiger charge is -2.06. The van der Waals surface area contributed by atoms with Gasteiger partial charge in [0, 0.05) is 15.8 Å². The first kappa shape index (κ1) is 17.0. The van der Waals surface area contributed by atoms with E-state index in [0.29, 0.717) is 27.0 Å². The van der Waals surface area contributed by atoms with Gasteiger partial charge in [-0.2, -0.15) is 0 Å². The van der Waals surface area contributed by atoms with Crippen molar-refractivity contribution in [3.05, 3.63) is 64.2 Å². The van der Waals surface area contributed by atoms with Crippen molar-refractivity contribution in [2.45, 2.75) is 4.90 Å². The van der Waals surface area contributed by atoms with Crippen LogP contribution in [-0.4, -0.2) is 17.1 Å². The Bertz CT molecular complexity index is 898. The van der Waals surface area contributed by atoms with Gasteiger partial charge in [0.2, 0.25) is 0 Å². The van der Waals surface area contributed by atoms with E-state index in [1.54, 1.807) is 29.6 Å². The van der Waals surface area contributed by atoms with Gasteiger partial charge in [-0.1, -0.05) is 23.7 Å². The van der Waals surface area contributed by atoms with Gasteiger partial charge in [-0.25, -0.2) is 9.37 Å². The molecule has 3 rings (SSSR count). The van der Waals surface area contributed by atoms with Gasteiger partial charge >= 0.3 is 0 Å². The largest absolute Gasteiger partial charge is 0.298 e. The fourth-order valence-corrected chi connectivity index (χ4v) is 3.44. The Morgan fingerprint density at radius 1 is 1.29 bits per heavy atom. The number of nitrogens with one attached hydrogen (secondary N) is 1. The summed E-state index contributed by atoms with van der Waals surface area (Å²) in [4.78, 5) is 17.7. The molecule has 0 atom stereocenters. The average molecular weight is 379 g/mol. The number of hydrogen-bond acceptors (Lipinski definition) is 4. The molecule has 0 aliphatic rings. The van der Waals surface area contributed by atoms with Crippen LogP contribution in [0.15, 0.2) is 52.7 Å². The summed E-state index contributed by atoms with van der Waals surface area (Å²) in [7, 11) is 0. The molecular weight excluding hydrogens is 367 g/mol. The number of hydrogen-bond donors (Lipinski definition) is 1. The highest BCUT2D eigenvalue weighted by Crippen LogP contribution is 2.27. The van der Waals surface area contributed by atoms with Gasteiger partial charge in [0.25, 0.3) is 5.91 Å². The lowest BCUT2D eigenvalue weighted by atomic mass is 10.2. The van der Waals surface area contributed by atoms with Crippen LogP contribution in [0, 0.1) is 5.82 Å². The maximum atomic E-state index is 13.3. The topological polar surface area (TPSA) is 42.0 Å². The van der Waals surface area contributed by atoms with Crippen molar-refractivity contribution in [3.63, 3.8) is 0 Å². The number of carbonyl (C=O) groups is 1. The van der Waals surface area contributed by atoms with Crippen molar-refractivity contribution in [3.8, 4) is 11.3 Å². The van der Waals surface area contributed by atoms with Gasteiger partial charge in [-0.05, 0) is 36.6 Å². The summed E-state index contributed by atoms with van der Waals surface area (Å²) in [6.07, 6.45) is 1.93. The quantitative estimate of drug-likeness (QED) is 0.603. The van der Waals surface area contributed by atoms with Gasteiger partial charge in [0.15, 0.2) is 5.13 Å². The van der Waals surface area contributed by atoms with Gasteiger partial charge in [-0.15, -0.1) is 23.1 Å². The van der Waals surface area contributed by atoms with Crippen LogP contribution in [0.25, 0.3) is 11.3 Å². The van der Waals surface area contributed by atoms with E-state index < -0.39 is 0 Å². The van der Waals surface area contributed by atoms with Crippen molar-refractivity contribution in [2.75, 3.05) is 11.6 Å². The molecule has 2 aromatic carbocycles. The molecule has 1 aromatic heterocycles. The van der Waals surface area contributed by atoms with Gasteiger partial charge < -0.3 is 0 Å². The monoisotopic (exact) mass is 378 g/mol. The summed E-state index contributed by atoms with van der Waals surface area (Å²) < 4.78 is 13.3. The molecule has 0 bridgehead atoms. The summed E-state index contributed by atoms with van der Waals surface area (Å²) in [5.41, 5.74) is 1.67. The molecule has 3 nitrogen and oxygen atoms in total. The summed E-state index contributed by atoms with van der Waals surface area (Å²) in [6.45, 7) is 0. The van der Waals surface area contributed by atoms with Crippen molar-refractivity contribution in [1.82, 2.24) is 4.98 Å². The Balaban J connectivity index is 1.81. The zero-order chi connectivity index (χ0) is 17.1. The molecular formula is C17H12ClFN2OS2. The standard InChI is InChI=1S/C17H12ClFN2OS2/c1-23-12-5-6-14(18)13(8-12)16(22)21-17-20-15(9-24-17)10-3-2-4-11(19)7-10/h2-9H,1H3,(H,20,21,22). The highest BCUT2D eigenvalue weighted by atomic mass is 35.5. The van der Waals surface area contributed by atoms with E-state index in [0.717, 1.165) is 4.90 Å².